The molecule has 1 aliphatic heterocycles. The van der Waals surface area contributed by atoms with Crippen molar-refractivity contribution in [2.24, 2.45) is 0 Å². The molecule has 0 aliphatic carbocycles. The van der Waals surface area contributed by atoms with Crippen LogP contribution in [0, 0.1) is 0 Å². The number of pyridine rings is 1. The monoisotopic (exact) mass is 455 g/mol. The van der Waals surface area contributed by atoms with Gasteiger partial charge in [-0.2, -0.15) is 0 Å². The predicted molar refractivity (Wildman–Crippen MR) is 132 cm³/mol. The zero-order chi connectivity index (χ0) is 23.5. The lowest BCUT2D eigenvalue weighted by molar-refractivity contribution is 0.211. The van der Waals surface area contributed by atoms with Crippen molar-refractivity contribution in [1.82, 2.24) is 14.9 Å². The quantitative estimate of drug-likeness (QED) is 0.328. The number of rotatable bonds is 8. The Morgan fingerprint density at radius 3 is 2.26 bits per heavy atom. The number of ether oxygens (including phenoxy) is 2. The molecule has 0 saturated heterocycles. The second-order valence-corrected chi connectivity index (χ2v) is 8.83. The molecule has 0 fully saturated rings. The average molecular weight is 456 g/mol. The van der Waals surface area contributed by atoms with Gasteiger partial charge in [0.25, 0.3) is 0 Å². The van der Waals surface area contributed by atoms with E-state index < -0.39 is 0 Å². The zero-order valence-corrected chi connectivity index (χ0v) is 19.8. The summed E-state index contributed by atoms with van der Waals surface area (Å²) in [6.07, 6.45) is 1.76. The van der Waals surface area contributed by atoms with Crippen molar-refractivity contribution < 1.29 is 13.9 Å². The highest BCUT2D eigenvalue weighted by Gasteiger charge is 2.20. The Morgan fingerprint density at radius 2 is 1.65 bits per heavy atom. The van der Waals surface area contributed by atoms with Crippen molar-refractivity contribution in [2.75, 3.05) is 20.3 Å². The van der Waals surface area contributed by atoms with Gasteiger partial charge in [-0.1, -0.05) is 38.1 Å². The summed E-state index contributed by atoms with van der Waals surface area (Å²) in [5, 5.41) is 0. The Balaban J connectivity index is 1.27. The van der Waals surface area contributed by atoms with Gasteiger partial charge in [-0.05, 0) is 41.5 Å². The van der Waals surface area contributed by atoms with Crippen molar-refractivity contribution >= 4 is 0 Å². The van der Waals surface area contributed by atoms with Gasteiger partial charge in [0.2, 0.25) is 5.88 Å². The third-order valence-electron chi connectivity index (χ3n) is 6.06. The minimum absolute atomic E-state index is 0.179. The Kier molecular flexibility index (Phi) is 6.32. The maximum absolute atomic E-state index is 6.17. The third-order valence-corrected chi connectivity index (χ3v) is 6.06. The molecule has 6 nitrogen and oxygen atoms in total. The van der Waals surface area contributed by atoms with E-state index in [2.05, 4.69) is 48.0 Å². The molecular formula is C28H29N3O3. The molecule has 174 valence electrons. The molecule has 0 radical (unpaired) electrons. The first-order valence-corrected chi connectivity index (χ1v) is 11.6. The molecule has 0 saturated carbocycles. The summed E-state index contributed by atoms with van der Waals surface area (Å²) in [7, 11) is 1.61. The van der Waals surface area contributed by atoms with E-state index in [0.717, 1.165) is 48.0 Å². The Hall–Kier alpha value is -3.64. The van der Waals surface area contributed by atoms with E-state index in [1.165, 1.54) is 11.1 Å². The van der Waals surface area contributed by atoms with Crippen LogP contribution >= 0.6 is 0 Å². The number of fused-ring (bicyclic) bond motifs is 1. The first-order valence-electron chi connectivity index (χ1n) is 11.6. The Bertz CT molecular complexity index is 1220. The predicted octanol–water partition coefficient (Wildman–Crippen LogP) is 5.93. The summed E-state index contributed by atoms with van der Waals surface area (Å²) in [4.78, 5) is 11.5. The molecule has 0 spiro atoms. The maximum atomic E-state index is 6.17. The lowest BCUT2D eigenvalue weighted by Crippen LogP contribution is -2.22. The molecular weight excluding hydrogens is 426 g/mol. The van der Waals surface area contributed by atoms with E-state index in [1.807, 2.05) is 36.4 Å². The summed E-state index contributed by atoms with van der Waals surface area (Å²) in [6, 6.07) is 20.4. The molecule has 1 aliphatic rings. The molecule has 2 aromatic heterocycles. The highest BCUT2D eigenvalue weighted by Crippen LogP contribution is 2.35. The molecule has 0 atom stereocenters. The van der Waals surface area contributed by atoms with Crippen LogP contribution < -0.4 is 9.47 Å². The van der Waals surface area contributed by atoms with Gasteiger partial charge in [-0.15, -0.1) is 0 Å². The van der Waals surface area contributed by atoms with Crippen LogP contribution in [0.2, 0.25) is 0 Å². The lowest BCUT2D eigenvalue weighted by Gasteiger charge is -2.15. The van der Waals surface area contributed by atoms with Crippen LogP contribution in [0.3, 0.4) is 0 Å². The standard InChI is InChI=1S/C28H29N3O3/c1-19(2)28-30-26(21-10-13-25(32-3)29-16-21)27(34-28)20-8-11-24(12-9-20)33-15-14-31-17-22-6-4-5-7-23(22)18-31/h4-13,16,19H,14-15,17-18H2,1-3H3. The normalized spacial score (nSPS) is 13.3. The van der Waals surface area contributed by atoms with Crippen LogP contribution in [-0.2, 0) is 13.1 Å². The number of methoxy groups -OCH3 is 1. The van der Waals surface area contributed by atoms with E-state index in [1.54, 1.807) is 13.3 Å². The highest BCUT2D eigenvalue weighted by atomic mass is 16.5. The van der Waals surface area contributed by atoms with E-state index in [-0.39, 0.29) is 5.92 Å². The number of hydrogen-bond donors (Lipinski definition) is 0. The van der Waals surface area contributed by atoms with Crippen molar-refractivity contribution in [3.8, 4) is 34.2 Å². The number of nitrogens with zero attached hydrogens (tertiary/aromatic N) is 3. The molecule has 0 N–H and O–H groups in total. The maximum Gasteiger partial charge on any atom is 0.212 e. The minimum Gasteiger partial charge on any atom is -0.492 e. The van der Waals surface area contributed by atoms with Crippen molar-refractivity contribution in [3.63, 3.8) is 0 Å². The Morgan fingerprint density at radius 1 is 0.941 bits per heavy atom. The summed E-state index contributed by atoms with van der Waals surface area (Å²) < 4.78 is 17.4. The summed E-state index contributed by atoms with van der Waals surface area (Å²) >= 11 is 0. The topological polar surface area (TPSA) is 60.6 Å². The van der Waals surface area contributed by atoms with Gasteiger partial charge < -0.3 is 13.9 Å². The van der Waals surface area contributed by atoms with Gasteiger partial charge >= 0.3 is 0 Å². The van der Waals surface area contributed by atoms with Crippen LogP contribution in [0.4, 0.5) is 0 Å². The largest absolute Gasteiger partial charge is 0.492 e. The van der Waals surface area contributed by atoms with Gasteiger partial charge in [0.1, 0.15) is 18.1 Å². The number of benzene rings is 2. The number of oxazole rings is 1. The molecule has 0 unspecified atom stereocenters. The molecule has 4 aromatic rings. The van der Waals surface area contributed by atoms with Gasteiger partial charge in [-0.3, -0.25) is 4.90 Å². The zero-order valence-electron chi connectivity index (χ0n) is 19.8. The van der Waals surface area contributed by atoms with Crippen LogP contribution in [0.1, 0.15) is 36.8 Å². The van der Waals surface area contributed by atoms with Crippen molar-refractivity contribution in [3.05, 3.63) is 83.9 Å². The second-order valence-electron chi connectivity index (χ2n) is 8.83. The summed E-state index contributed by atoms with van der Waals surface area (Å²) in [5.74, 6) is 3.02. The minimum atomic E-state index is 0.179. The van der Waals surface area contributed by atoms with Gasteiger partial charge in [0.15, 0.2) is 11.7 Å². The van der Waals surface area contributed by atoms with E-state index >= 15 is 0 Å². The summed E-state index contributed by atoms with van der Waals surface area (Å²) in [5.41, 5.74) is 5.46. The fourth-order valence-electron chi connectivity index (χ4n) is 4.17. The van der Waals surface area contributed by atoms with Gasteiger partial charge in [-0.25, -0.2) is 9.97 Å². The first kappa shape index (κ1) is 22.2. The highest BCUT2D eigenvalue weighted by molar-refractivity contribution is 5.76. The second kappa shape index (κ2) is 9.69. The first-order chi connectivity index (χ1) is 16.6. The number of hydrogen-bond acceptors (Lipinski definition) is 6. The third kappa shape index (κ3) is 4.68. The molecule has 34 heavy (non-hydrogen) atoms. The smallest absolute Gasteiger partial charge is 0.212 e. The molecule has 0 amide bonds. The van der Waals surface area contributed by atoms with Crippen molar-refractivity contribution in [2.45, 2.75) is 32.9 Å². The Labute approximate surface area is 200 Å². The van der Waals surface area contributed by atoms with Crippen LogP contribution in [0.5, 0.6) is 11.6 Å². The van der Waals surface area contributed by atoms with E-state index in [9.17, 15) is 0 Å². The van der Waals surface area contributed by atoms with Gasteiger partial charge in [0, 0.05) is 48.9 Å². The SMILES string of the molecule is COc1ccc(-c2nc(C(C)C)oc2-c2ccc(OCCN3Cc4ccccc4C3)cc2)cn1. The van der Waals surface area contributed by atoms with Gasteiger partial charge in [0.05, 0.1) is 7.11 Å². The number of aromatic nitrogens is 2. The molecule has 2 aromatic carbocycles. The molecule has 6 heteroatoms. The van der Waals surface area contributed by atoms with E-state index in [4.69, 9.17) is 18.9 Å². The fourth-order valence-corrected chi connectivity index (χ4v) is 4.17. The lowest BCUT2D eigenvalue weighted by atomic mass is 10.1. The van der Waals surface area contributed by atoms with E-state index in [0.29, 0.717) is 18.4 Å². The fraction of sp³-hybridized carbons (Fsp3) is 0.286. The van der Waals surface area contributed by atoms with Crippen molar-refractivity contribution in [1.29, 1.82) is 0 Å². The van der Waals surface area contributed by atoms with Crippen LogP contribution in [-0.4, -0.2) is 35.1 Å². The van der Waals surface area contributed by atoms with Crippen LogP contribution in [0.15, 0.2) is 71.3 Å². The average Bonchev–Trinajstić information content (AvgIpc) is 3.49. The summed E-state index contributed by atoms with van der Waals surface area (Å²) in [6.45, 7) is 7.67. The molecule has 3 heterocycles. The molecule has 0 bridgehead atoms. The van der Waals surface area contributed by atoms with Crippen LogP contribution in [0.25, 0.3) is 22.6 Å². The molecule has 5 rings (SSSR count).